The Hall–Kier alpha value is -3.29. The second-order valence-corrected chi connectivity index (χ2v) is 5.64. The molecule has 0 aliphatic heterocycles. The number of nitrogens with zero attached hydrogens (tertiary/aromatic N) is 3. The van der Waals surface area contributed by atoms with Gasteiger partial charge in [0, 0.05) is 11.4 Å². The summed E-state index contributed by atoms with van der Waals surface area (Å²) in [7, 11) is 0. The summed E-state index contributed by atoms with van der Waals surface area (Å²) in [6.07, 6.45) is 1.42. The lowest BCUT2D eigenvalue weighted by atomic mass is 10.1. The van der Waals surface area contributed by atoms with Gasteiger partial charge in [0.25, 0.3) is 5.91 Å². The highest BCUT2D eigenvalue weighted by Crippen LogP contribution is 2.11. The lowest BCUT2D eigenvalue weighted by Crippen LogP contribution is -2.42. The van der Waals surface area contributed by atoms with Crippen molar-refractivity contribution in [3.05, 3.63) is 64.9 Å². The van der Waals surface area contributed by atoms with Crippen molar-refractivity contribution in [2.45, 2.75) is 20.3 Å². The molecule has 0 radical (unpaired) electrons. The Balaban J connectivity index is 1.66. The minimum atomic E-state index is -0.514. The topological polar surface area (TPSA) is 88.4 Å². The SMILES string of the molecule is Cc1cc(C)n2ncc(C(=O)NNC(=O)Cc3ccc(F)cc3)c2n1. The Morgan fingerprint density at radius 3 is 2.60 bits per heavy atom. The lowest BCUT2D eigenvalue weighted by molar-refractivity contribution is -0.121. The standard InChI is InChI=1S/C17H16FN5O2/c1-10-7-11(2)23-16(20-10)14(9-19-23)17(25)22-21-15(24)8-12-3-5-13(18)6-4-12/h3-7,9H,8H2,1-2H3,(H,21,24)(H,22,25). The molecule has 0 bridgehead atoms. The zero-order valence-corrected chi connectivity index (χ0v) is 13.7. The maximum absolute atomic E-state index is 12.8. The molecule has 2 N–H and O–H groups in total. The molecule has 2 amide bonds. The molecular formula is C17H16FN5O2. The van der Waals surface area contributed by atoms with E-state index in [0.29, 0.717) is 11.2 Å². The zero-order valence-electron chi connectivity index (χ0n) is 13.7. The summed E-state index contributed by atoms with van der Waals surface area (Å²) in [5.41, 5.74) is 7.60. The first-order valence-corrected chi connectivity index (χ1v) is 7.59. The predicted molar refractivity (Wildman–Crippen MR) is 88.2 cm³/mol. The van der Waals surface area contributed by atoms with Gasteiger partial charge in [-0.15, -0.1) is 0 Å². The van der Waals surface area contributed by atoms with E-state index in [1.54, 1.807) is 4.52 Å². The van der Waals surface area contributed by atoms with Crippen molar-refractivity contribution in [3.63, 3.8) is 0 Å². The molecule has 128 valence electrons. The van der Waals surface area contributed by atoms with Crippen LogP contribution in [-0.2, 0) is 11.2 Å². The van der Waals surface area contributed by atoms with E-state index in [1.165, 1.54) is 30.5 Å². The highest BCUT2D eigenvalue weighted by molar-refractivity contribution is 6.00. The fourth-order valence-electron chi connectivity index (χ4n) is 2.46. The van der Waals surface area contributed by atoms with Crippen LogP contribution in [0.1, 0.15) is 27.3 Å². The van der Waals surface area contributed by atoms with Crippen molar-refractivity contribution < 1.29 is 14.0 Å². The highest BCUT2D eigenvalue weighted by Gasteiger charge is 2.16. The van der Waals surface area contributed by atoms with Gasteiger partial charge in [0.05, 0.1) is 12.6 Å². The van der Waals surface area contributed by atoms with Gasteiger partial charge in [-0.2, -0.15) is 5.10 Å². The molecule has 3 aromatic rings. The third-order valence-corrected chi connectivity index (χ3v) is 3.62. The molecule has 0 spiro atoms. The summed E-state index contributed by atoms with van der Waals surface area (Å²) in [6.45, 7) is 3.69. The molecule has 0 saturated heterocycles. The number of aryl methyl sites for hydroxylation is 2. The summed E-state index contributed by atoms with van der Waals surface area (Å²) >= 11 is 0. The molecule has 7 nitrogen and oxygen atoms in total. The van der Waals surface area contributed by atoms with Gasteiger partial charge >= 0.3 is 0 Å². The smallest absolute Gasteiger partial charge is 0.273 e. The Bertz CT molecular complexity index is 950. The summed E-state index contributed by atoms with van der Waals surface area (Å²) in [6, 6.07) is 7.42. The fraction of sp³-hybridized carbons (Fsp3) is 0.176. The average Bonchev–Trinajstić information content (AvgIpc) is 2.99. The predicted octanol–water partition coefficient (Wildman–Crippen LogP) is 1.49. The molecule has 0 unspecified atom stereocenters. The Labute approximate surface area is 142 Å². The van der Waals surface area contributed by atoms with Crippen molar-refractivity contribution in [3.8, 4) is 0 Å². The van der Waals surface area contributed by atoms with E-state index < -0.39 is 11.8 Å². The van der Waals surface area contributed by atoms with Crippen LogP contribution in [0.3, 0.4) is 0 Å². The summed E-state index contributed by atoms with van der Waals surface area (Å²) < 4.78 is 14.4. The number of benzene rings is 1. The monoisotopic (exact) mass is 341 g/mol. The van der Waals surface area contributed by atoms with Crippen LogP contribution in [0, 0.1) is 19.7 Å². The van der Waals surface area contributed by atoms with Gasteiger partial charge in [-0.3, -0.25) is 20.4 Å². The van der Waals surface area contributed by atoms with Gasteiger partial charge in [0.2, 0.25) is 5.91 Å². The number of amides is 2. The van der Waals surface area contributed by atoms with Crippen molar-refractivity contribution in [1.82, 2.24) is 25.4 Å². The first-order valence-electron chi connectivity index (χ1n) is 7.59. The largest absolute Gasteiger partial charge is 0.275 e. The number of fused-ring (bicyclic) bond motifs is 1. The zero-order chi connectivity index (χ0) is 18.0. The maximum Gasteiger partial charge on any atom is 0.275 e. The molecule has 0 aliphatic carbocycles. The van der Waals surface area contributed by atoms with Crippen molar-refractivity contribution in [1.29, 1.82) is 0 Å². The van der Waals surface area contributed by atoms with Crippen molar-refractivity contribution in [2.24, 2.45) is 0 Å². The number of aromatic nitrogens is 3. The number of halogens is 1. The summed E-state index contributed by atoms with van der Waals surface area (Å²) in [4.78, 5) is 28.5. The van der Waals surface area contributed by atoms with Crippen LogP contribution in [0.2, 0.25) is 0 Å². The minimum Gasteiger partial charge on any atom is -0.273 e. The molecule has 0 saturated carbocycles. The molecule has 2 heterocycles. The van der Waals surface area contributed by atoms with Crippen molar-refractivity contribution >= 4 is 17.5 Å². The maximum atomic E-state index is 12.8. The molecule has 1 aromatic carbocycles. The molecule has 0 fully saturated rings. The van der Waals surface area contributed by atoms with Gasteiger partial charge < -0.3 is 0 Å². The molecule has 2 aromatic heterocycles. The van der Waals surface area contributed by atoms with E-state index in [1.807, 2.05) is 19.9 Å². The Kier molecular flexibility index (Phi) is 4.42. The average molecular weight is 341 g/mol. The Morgan fingerprint density at radius 1 is 1.16 bits per heavy atom. The Morgan fingerprint density at radius 2 is 1.88 bits per heavy atom. The number of hydrogen-bond acceptors (Lipinski definition) is 4. The van der Waals surface area contributed by atoms with Crippen LogP contribution in [0.25, 0.3) is 5.65 Å². The molecule has 0 aliphatic rings. The molecule has 0 atom stereocenters. The summed E-state index contributed by atoms with van der Waals surface area (Å²) in [5, 5.41) is 4.13. The quantitative estimate of drug-likeness (QED) is 0.707. The van der Waals surface area contributed by atoms with Crippen LogP contribution >= 0.6 is 0 Å². The van der Waals surface area contributed by atoms with E-state index in [4.69, 9.17) is 0 Å². The lowest BCUT2D eigenvalue weighted by Gasteiger charge is -2.07. The van der Waals surface area contributed by atoms with Gasteiger partial charge in [-0.1, -0.05) is 12.1 Å². The number of rotatable bonds is 3. The van der Waals surface area contributed by atoms with E-state index in [2.05, 4.69) is 20.9 Å². The van der Waals surface area contributed by atoms with E-state index >= 15 is 0 Å². The van der Waals surface area contributed by atoms with Crippen LogP contribution in [0.15, 0.2) is 36.5 Å². The molecule has 8 heteroatoms. The first kappa shape index (κ1) is 16.6. The second kappa shape index (κ2) is 6.68. The molecule has 25 heavy (non-hydrogen) atoms. The molecular weight excluding hydrogens is 325 g/mol. The normalized spacial score (nSPS) is 10.7. The third-order valence-electron chi connectivity index (χ3n) is 3.62. The van der Waals surface area contributed by atoms with Crippen LogP contribution < -0.4 is 10.9 Å². The van der Waals surface area contributed by atoms with Crippen LogP contribution in [0.5, 0.6) is 0 Å². The summed E-state index contributed by atoms with van der Waals surface area (Å²) in [5.74, 6) is -1.31. The van der Waals surface area contributed by atoms with Crippen molar-refractivity contribution in [2.75, 3.05) is 0 Å². The van der Waals surface area contributed by atoms with E-state index in [0.717, 1.165) is 11.4 Å². The number of carbonyl (C=O) groups excluding carboxylic acids is 2. The van der Waals surface area contributed by atoms with Gasteiger partial charge in [0.15, 0.2) is 5.65 Å². The highest BCUT2D eigenvalue weighted by atomic mass is 19.1. The second-order valence-electron chi connectivity index (χ2n) is 5.64. The van der Waals surface area contributed by atoms with Gasteiger partial charge in [-0.05, 0) is 37.6 Å². The molecule has 3 rings (SSSR count). The first-order chi connectivity index (χ1) is 11.9. The van der Waals surface area contributed by atoms with E-state index in [9.17, 15) is 14.0 Å². The van der Waals surface area contributed by atoms with Gasteiger partial charge in [-0.25, -0.2) is 13.9 Å². The number of nitrogens with one attached hydrogen (secondary N) is 2. The van der Waals surface area contributed by atoms with E-state index in [-0.39, 0.29) is 17.8 Å². The number of carbonyl (C=O) groups is 2. The fourth-order valence-corrected chi connectivity index (χ4v) is 2.46. The minimum absolute atomic E-state index is 0.0196. The van der Waals surface area contributed by atoms with Gasteiger partial charge in [0.1, 0.15) is 11.4 Å². The van der Waals surface area contributed by atoms with Crippen LogP contribution in [0.4, 0.5) is 4.39 Å². The number of hydrogen-bond donors (Lipinski definition) is 2. The van der Waals surface area contributed by atoms with Crippen LogP contribution in [-0.4, -0.2) is 26.4 Å². The number of hydrazine groups is 1. The third kappa shape index (κ3) is 3.63.